The number of carbonyl (C=O) groups is 1. The number of aromatic nitrogens is 5. The maximum Gasteiger partial charge on any atom is 0.255 e. The number of methoxy groups -OCH3 is 1. The van der Waals surface area contributed by atoms with E-state index in [0.717, 1.165) is 16.9 Å². The van der Waals surface area contributed by atoms with E-state index < -0.39 is 0 Å². The second-order valence-corrected chi connectivity index (χ2v) is 9.05. The number of amides is 1. The van der Waals surface area contributed by atoms with Gasteiger partial charge in [-0.05, 0) is 54.1 Å². The first-order valence-electron chi connectivity index (χ1n) is 12.0. The van der Waals surface area contributed by atoms with Crippen LogP contribution in [-0.4, -0.2) is 37.7 Å². The molecule has 3 aromatic heterocycles. The first-order chi connectivity index (χ1) is 19.1. The van der Waals surface area contributed by atoms with Crippen molar-refractivity contribution < 1.29 is 13.9 Å². The molecule has 0 aliphatic rings. The number of benzene rings is 3. The van der Waals surface area contributed by atoms with Crippen molar-refractivity contribution in [3.63, 3.8) is 0 Å². The number of nitrogens with zero attached hydrogens (tertiary/aromatic N) is 5. The smallest absolute Gasteiger partial charge is 0.255 e. The summed E-state index contributed by atoms with van der Waals surface area (Å²) >= 11 is 6.49. The van der Waals surface area contributed by atoms with Gasteiger partial charge in [0.1, 0.15) is 23.0 Å². The van der Waals surface area contributed by atoms with Crippen LogP contribution in [0.5, 0.6) is 5.75 Å². The van der Waals surface area contributed by atoms with Crippen LogP contribution in [0.1, 0.15) is 15.9 Å². The number of oxazole rings is 1. The van der Waals surface area contributed by atoms with Crippen molar-refractivity contribution in [2.24, 2.45) is 0 Å². The molecule has 39 heavy (non-hydrogen) atoms. The Morgan fingerprint density at radius 3 is 2.59 bits per heavy atom. The lowest BCUT2D eigenvalue weighted by molar-refractivity contribution is 0.102. The van der Waals surface area contributed by atoms with Crippen molar-refractivity contribution >= 4 is 34.2 Å². The molecule has 0 spiro atoms. The van der Waals surface area contributed by atoms with Crippen LogP contribution in [0, 0.1) is 0 Å². The Balaban J connectivity index is 1.21. The molecule has 6 aromatic rings. The largest absolute Gasteiger partial charge is 0.497 e. The number of halogens is 1. The highest BCUT2D eigenvalue weighted by Crippen LogP contribution is 2.26. The Morgan fingerprint density at radius 2 is 1.85 bits per heavy atom. The summed E-state index contributed by atoms with van der Waals surface area (Å²) in [7, 11) is 1.63. The van der Waals surface area contributed by atoms with Gasteiger partial charge in [-0.2, -0.15) is 5.10 Å². The first kappa shape index (κ1) is 24.3. The molecule has 10 heteroatoms. The van der Waals surface area contributed by atoms with Crippen LogP contribution in [0.4, 0.5) is 5.69 Å². The number of nitrogens with one attached hydrogen (secondary N) is 1. The van der Waals surface area contributed by atoms with Crippen LogP contribution < -0.4 is 10.1 Å². The van der Waals surface area contributed by atoms with Gasteiger partial charge in [-0.1, -0.05) is 35.9 Å². The topological polar surface area (TPSA) is 108 Å². The quantitative estimate of drug-likeness (QED) is 0.245. The average Bonchev–Trinajstić information content (AvgIpc) is 3.65. The van der Waals surface area contributed by atoms with Gasteiger partial charge in [-0.15, -0.1) is 0 Å². The van der Waals surface area contributed by atoms with Crippen LogP contribution in [0.15, 0.2) is 95.9 Å². The van der Waals surface area contributed by atoms with Gasteiger partial charge in [-0.25, -0.2) is 15.0 Å². The molecular formula is C29H21ClN6O3. The average molecular weight is 537 g/mol. The van der Waals surface area contributed by atoms with Gasteiger partial charge in [0.2, 0.25) is 5.89 Å². The molecule has 0 aliphatic carbocycles. The number of ether oxygens (including phenoxy) is 1. The van der Waals surface area contributed by atoms with Gasteiger partial charge in [0.05, 0.1) is 26.0 Å². The molecule has 0 saturated carbocycles. The molecular weight excluding hydrogens is 516 g/mol. The van der Waals surface area contributed by atoms with E-state index in [0.29, 0.717) is 46.1 Å². The van der Waals surface area contributed by atoms with Crippen molar-refractivity contribution in [2.75, 3.05) is 12.4 Å². The van der Waals surface area contributed by atoms with E-state index in [2.05, 4.69) is 25.4 Å². The van der Waals surface area contributed by atoms with Crippen LogP contribution in [0.3, 0.4) is 0 Å². The fourth-order valence-electron chi connectivity index (χ4n) is 4.12. The SMILES string of the molecule is COc1ccc(Cn2cc3nc(-c4cccc(C(=O)Nc5ccc(-c6ncco6)cc5)c4)nc(Cl)c3n2)cc1. The summed E-state index contributed by atoms with van der Waals surface area (Å²) in [6.07, 6.45) is 4.93. The predicted molar refractivity (Wildman–Crippen MR) is 148 cm³/mol. The lowest BCUT2D eigenvalue weighted by Crippen LogP contribution is -2.11. The van der Waals surface area contributed by atoms with Gasteiger partial charge in [0.15, 0.2) is 11.0 Å². The van der Waals surface area contributed by atoms with Gasteiger partial charge < -0.3 is 14.5 Å². The summed E-state index contributed by atoms with van der Waals surface area (Å²) in [5.41, 5.74) is 4.75. The Hall–Kier alpha value is -5.02. The highest BCUT2D eigenvalue weighted by Gasteiger charge is 2.14. The molecule has 0 atom stereocenters. The number of anilines is 1. The summed E-state index contributed by atoms with van der Waals surface area (Å²) in [4.78, 5) is 26.2. The van der Waals surface area contributed by atoms with E-state index in [1.165, 1.54) is 6.26 Å². The molecule has 0 unspecified atom stereocenters. The molecule has 6 rings (SSSR count). The number of hydrogen-bond donors (Lipinski definition) is 1. The molecule has 192 valence electrons. The minimum absolute atomic E-state index is 0.240. The summed E-state index contributed by atoms with van der Waals surface area (Å²) in [6, 6.07) is 22.1. The number of hydrogen-bond acceptors (Lipinski definition) is 7. The highest BCUT2D eigenvalue weighted by molar-refractivity contribution is 6.33. The molecule has 9 nitrogen and oxygen atoms in total. The number of fused-ring (bicyclic) bond motifs is 1. The lowest BCUT2D eigenvalue weighted by Gasteiger charge is -2.07. The predicted octanol–water partition coefficient (Wildman–Crippen LogP) is 6.11. The molecule has 3 aromatic carbocycles. The number of carbonyl (C=O) groups excluding carboxylic acids is 1. The zero-order chi connectivity index (χ0) is 26.8. The van der Waals surface area contributed by atoms with E-state index >= 15 is 0 Å². The monoisotopic (exact) mass is 536 g/mol. The summed E-state index contributed by atoms with van der Waals surface area (Å²) in [5.74, 6) is 1.45. The van der Waals surface area contributed by atoms with E-state index in [-0.39, 0.29) is 11.1 Å². The highest BCUT2D eigenvalue weighted by atomic mass is 35.5. The Kier molecular flexibility index (Phi) is 6.48. The van der Waals surface area contributed by atoms with Crippen molar-refractivity contribution in [1.29, 1.82) is 0 Å². The Morgan fingerprint density at radius 1 is 1.03 bits per heavy atom. The van der Waals surface area contributed by atoms with Crippen LogP contribution >= 0.6 is 11.6 Å². The molecule has 1 N–H and O–H groups in total. The van der Waals surface area contributed by atoms with Crippen LogP contribution in [-0.2, 0) is 6.54 Å². The Labute approximate surface area is 228 Å². The maximum absolute atomic E-state index is 13.0. The summed E-state index contributed by atoms with van der Waals surface area (Å²) in [5, 5.41) is 7.70. The molecule has 0 fully saturated rings. The minimum atomic E-state index is -0.264. The number of rotatable bonds is 7. The summed E-state index contributed by atoms with van der Waals surface area (Å²) in [6.45, 7) is 0.542. The van der Waals surface area contributed by atoms with Crippen molar-refractivity contribution in [1.82, 2.24) is 24.7 Å². The molecule has 0 radical (unpaired) electrons. The third-order valence-corrected chi connectivity index (χ3v) is 6.34. The zero-order valence-corrected chi connectivity index (χ0v) is 21.5. The standard InChI is InChI=1S/C29H21ClN6O3/c1-38-23-11-5-18(6-12-23)16-36-17-24-25(35-36)26(30)34-27(33-24)20-3-2-4-21(15-20)28(37)32-22-9-7-19(8-10-22)29-31-13-14-39-29/h2-15,17H,16H2,1H3,(H,32,37). The molecule has 3 heterocycles. The van der Waals surface area contributed by atoms with Gasteiger partial charge in [0.25, 0.3) is 5.91 Å². The Bertz CT molecular complexity index is 1760. The van der Waals surface area contributed by atoms with E-state index in [1.807, 2.05) is 48.7 Å². The normalized spacial score (nSPS) is 11.0. The van der Waals surface area contributed by atoms with Crippen molar-refractivity contribution in [3.05, 3.63) is 108 Å². The first-order valence-corrected chi connectivity index (χ1v) is 12.4. The van der Waals surface area contributed by atoms with Crippen LogP contribution in [0.2, 0.25) is 5.15 Å². The van der Waals surface area contributed by atoms with Crippen molar-refractivity contribution in [3.8, 4) is 28.6 Å². The van der Waals surface area contributed by atoms with Crippen LogP contribution in [0.25, 0.3) is 33.9 Å². The lowest BCUT2D eigenvalue weighted by atomic mass is 10.1. The van der Waals surface area contributed by atoms with E-state index in [4.69, 9.17) is 20.8 Å². The zero-order valence-electron chi connectivity index (χ0n) is 20.7. The second kappa shape index (κ2) is 10.4. The summed E-state index contributed by atoms with van der Waals surface area (Å²) < 4.78 is 12.3. The van der Waals surface area contributed by atoms with Gasteiger partial charge in [-0.3, -0.25) is 9.48 Å². The maximum atomic E-state index is 13.0. The van der Waals surface area contributed by atoms with Gasteiger partial charge in [0, 0.05) is 22.4 Å². The minimum Gasteiger partial charge on any atom is -0.497 e. The fraction of sp³-hybridized carbons (Fsp3) is 0.0690. The molecule has 0 saturated heterocycles. The molecule has 0 aliphatic heterocycles. The molecule has 0 bridgehead atoms. The van der Waals surface area contributed by atoms with E-state index in [9.17, 15) is 4.79 Å². The van der Waals surface area contributed by atoms with E-state index in [1.54, 1.807) is 48.3 Å². The fourth-order valence-corrected chi connectivity index (χ4v) is 4.33. The van der Waals surface area contributed by atoms with Crippen molar-refractivity contribution in [2.45, 2.75) is 6.54 Å². The second-order valence-electron chi connectivity index (χ2n) is 8.70. The molecule has 1 amide bonds. The third kappa shape index (κ3) is 5.21. The third-order valence-electron chi connectivity index (χ3n) is 6.08. The van der Waals surface area contributed by atoms with Gasteiger partial charge >= 0.3 is 0 Å².